The second-order valence-corrected chi connectivity index (χ2v) is 4.01. The molecule has 0 atom stereocenters. The number of benzene rings is 1. The van der Waals surface area contributed by atoms with Gasteiger partial charge in [0.1, 0.15) is 5.52 Å². The zero-order chi connectivity index (χ0) is 11.8. The average molecular weight is 243 g/mol. The molecule has 2 aromatic heterocycles. The number of nitrogens with one attached hydrogen (secondary N) is 2. The van der Waals surface area contributed by atoms with Crippen molar-refractivity contribution in [2.24, 2.45) is 0 Å². The molecule has 0 saturated heterocycles. The fourth-order valence-corrected chi connectivity index (χ4v) is 1.86. The molecule has 0 saturated carbocycles. The van der Waals surface area contributed by atoms with Crippen molar-refractivity contribution in [3.05, 3.63) is 35.1 Å². The van der Waals surface area contributed by atoms with Gasteiger partial charge >= 0.3 is 0 Å². The van der Waals surface area contributed by atoms with E-state index in [9.17, 15) is 0 Å². The lowest BCUT2D eigenvalue weighted by molar-refractivity contribution is 1.21. The Morgan fingerprint density at radius 3 is 2.59 bits per heavy atom. The molecule has 0 unspecified atom stereocenters. The molecule has 5 nitrogen and oxygen atoms in total. The summed E-state index contributed by atoms with van der Waals surface area (Å²) in [6.07, 6.45) is 0. The van der Waals surface area contributed by atoms with E-state index in [-0.39, 0.29) is 0 Å². The molecule has 0 fully saturated rings. The smallest absolute Gasteiger partial charge is 0.176 e. The molecule has 84 valence electrons. The van der Waals surface area contributed by atoms with E-state index in [4.69, 9.17) is 18.0 Å². The van der Waals surface area contributed by atoms with Crippen molar-refractivity contribution < 1.29 is 0 Å². The first-order valence-electron chi connectivity index (χ1n) is 5.05. The molecule has 4 N–H and O–H groups in total. The number of hydrogen-bond donors (Lipinski definition) is 3. The highest BCUT2D eigenvalue weighted by molar-refractivity contribution is 7.71. The van der Waals surface area contributed by atoms with Crippen LogP contribution < -0.4 is 5.73 Å². The predicted molar refractivity (Wildman–Crippen MR) is 68.9 cm³/mol. The van der Waals surface area contributed by atoms with E-state index < -0.39 is 0 Å². The van der Waals surface area contributed by atoms with E-state index in [0.29, 0.717) is 27.6 Å². The first-order valence-corrected chi connectivity index (χ1v) is 5.46. The Kier molecular flexibility index (Phi) is 2.15. The Morgan fingerprint density at radius 2 is 1.82 bits per heavy atom. The van der Waals surface area contributed by atoms with Gasteiger partial charge in [0.2, 0.25) is 0 Å². The zero-order valence-electron chi connectivity index (χ0n) is 8.77. The molecule has 3 aromatic rings. The number of aromatic amines is 2. The third kappa shape index (κ3) is 1.68. The van der Waals surface area contributed by atoms with Gasteiger partial charge in [0.05, 0.1) is 0 Å². The Morgan fingerprint density at radius 1 is 1.06 bits per heavy atom. The summed E-state index contributed by atoms with van der Waals surface area (Å²) in [5.74, 6) is 0.974. The van der Waals surface area contributed by atoms with Gasteiger partial charge in [-0.15, -0.1) is 0 Å². The van der Waals surface area contributed by atoms with E-state index in [0.717, 1.165) is 5.56 Å². The predicted octanol–water partition coefficient (Wildman–Crippen LogP) is 2.26. The molecule has 0 bridgehead atoms. The van der Waals surface area contributed by atoms with E-state index in [1.807, 2.05) is 30.3 Å². The number of aromatic nitrogens is 4. The van der Waals surface area contributed by atoms with Gasteiger partial charge in [0, 0.05) is 5.56 Å². The Labute approximate surface area is 102 Å². The van der Waals surface area contributed by atoms with Gasteiger partial charge in [-0.3, -0.25) is 0 Å². The second kappa shape index (κ2) is 3.67. The molecule has 1 aromatic carbocycles. The lowest BCUT2D eigenvalue weighted by Gasteiger charge is -2.01. The monoisotopic (exact) mass is 243 g/mol. The Balaban J connectivity index is 2.29. The van der Waals surface area contributed by atoms with Crippen LogP contribution in [0.5, 0.6) is 0 Å². The van der Waals surface area contributed by atoms with Crippen LogP contribution in [-0.4, -0.2) is 19.9 Å². The molecule has 0 amide bonds. The number of hydrogen-bond acceptors (Lipinski definition) is 4. The van der Waals surface area contributed by atoms with Gasteiger partial charge in [-0.1, -0.05) is 30.3 Å². The molecule has 0 aliphatic rings. The van der Waals surface area contributed by atoms with E-state index in [2.05, 4.69) is 19.9 Å². The van der Waals surface area contributed by atoms with Crippen LogP contribution in [0.4, 0.5) is 5.82 Å². The highest BCUT2D eigenvalue weighted by Gasteiger charge is 2.08. The first kappa shape index (κ1) is 9.98. The summed E-state index contributed by atoms with van der Waals surface area (Å²) in [6, 6.07) is 9.66. The quantitative estimate of drug-likeness (QED) is 0.572. The van der Waals surface area contributed by atoms with Crippen molar-refractivity contribution in [3.8, 4) is 11.4 Å². The number of rotatable bonds is 1. The second-order valence-electron chi connectivity index (χ2n) is 3.60. The molecule has 2 heterocycles. The lowest BCUT2D eigenvalue weighted by Crippen LogP contribution is -1.97. The maximum Gasteiger partial charge on any atom is 0.176 e. The third-order valence-corrected chi connectivity index (χ3v) is 2.64. The molecule has 0 aliphatic carbocycles. The van der Waals surface area contributed by atoms with Crippen LogP contribution in [0.2, 0.25) is 0 Å². The molecular formula is C11H9N5S. The summed E-state index contributed by atoms with van der Waals surface area (Å²) in [4.78, 5) is 14.5. The average Bonchev–Trinajstić information content (AvgIpc) is 2.71. The summed E-state index contributed by atoms with van der Waals surface area (Å²) >= 11 is 5.00. The number of imidazole rings is 1. The maximum atomic E-state index is 5.86. The normalized spacial score (nSPS) is 10.8. The number of anilines is 1. The van der Waals surface area contributed by atoms with Crippen molar-refractivity contribution in [2.75, 3.05) is 5.73 Å². The summed E-state index contributed by atoms with van der Waals surface area (Å²) in [5.41, 5.74) is 8.05. The molecule has 0 radical (unpaired) electrons. The van der Waals surface area contributed by atoms with E-state index in [1.165, 1.54) is 0 Å². The van der Waals surface area contributed by atoms with Gasteiger partial charge in [-0.05, 0) is 12.2 Å². The fraction of sp³-hybridized carbons (Fsp3) is 0. The number of nitrogen functional groups attached to an aromatic ring is 1. The number of nitrogens with two attached hydrogens (primary N) is 1. The van der Waals surface area contributed by atoms with Crippen LogP contribution >= 0.6 is 12.2 Å². The van der Waals surface area contributed by atoms with E-state index in [1.54, 1.807) is 0 Å². The van der Waals surface area contributed by atoms with Crippen LogP contribution in [0.15, 0.2) is 30.3 Å². The molecule has 6 heteroatoms. The topological polar surface area (TPSA) is 83.4 Å². The van der Waals surface area contributed by atoms with Crippen molar-refractivity contribution in [1.29, 1.82) is 0 Å². The minimum absolute atomic E-state index is 0.390. The number of fused-ring (bicyclic) bond motifs is 1. The van der Waals surface area contributed by atoms with Crippen LogP contribution in [0.25, 0.3) is 22.6 Å². The molecule has 17 heavy (non-hydrogen) atoms. The highest BCUT2D eigenvalue weighted by Crippen LogP contribution is 2.20. The van der Waals surface area contributed by atoms with Crippen molar-refractivity contribution in [3.63, 3.8) is 0 Å². The van der Waals surface area contributed by atoms with Crippen LogP contribution in [0.3, 0.4) is 0 Å². The minimum Gasteiger partial charge on any atom is -0.382 e. The minimum atomic E-state index is 0.390. The fourth-order valence-electron chi connectivity index (χ4n) is 1.66. The summed E-state index contributed by atoms with van der Waals surface area (Å²) in [5, 5.41) is 0. The Hall–Kier alpha value is -2.21. The largest absolute Gasteiger partial charge is 0.382 e. The standard InChI is InChI=1S/C11H9N5S/c12-8-7-10(16-11(17)13-7)15-9(14-8)6-4-2-1-3-5-6/h1-5H,(H4,12,13,14,15,16,17). The SMILES string of the molecule is Nc1nc(-c2ccccc2)nc2[nH]c(=S)[nH]c12. The molecule has 3 rings (SSSR count). The number of nitrogens with zero attached hydrogens (tertiary/aromatic N) is 2. The summed E-state index contributed by atoms with van der Waals surface area (Å²) < 4.78 is 0.492. The van der Waals surface area contributed by atoms with Gasteiger partial charge < -0.3 is 15.7 Å². The molecular weight excluding hydrogens is 234 g/mol. The first-order chi connectivity index (χ1) is 8.24. The third-order valence-electron chi connectivity index (χ3n) is 2.44. The van der Waals surface area contributed by atoms with Gasteiger partial charge in [0.25, 0.3) is 0 Å². The van der Waals surface area contributed by atoms with Crippen molar-refractivity contribution in [1.82, 2.24) is 19.9 Å². The Bertz CT molecular complexity index is 728. The lowest BCUT2D eigenvalue weighted by atomic mass is 10.2. The van der Waals surface area contributed by atoms with Gasteiger partial charge in [-0.25, -0.2) is 9.97 Å². The number of H-pyrrole nitrogens is 2. The van der Waals surface area contributed by atoms with Crippen molar-refractivity contribution >= 4 is 29.2 Å². The van der Waals surface area contributed by atoms with Crippen molar-refractivity contribution in [2.45, 2.75) is 0 Å². The summed E-state index contributed by atoms with van der Waals surface area (Å²) in [7, 11) is 0. The zero-order valence-corrected chi connectivity index (χ0v) is 9.58. The van der Waals surface area contributed by atoms with Crippen LogP contribution in [0.1, 0.15) is 0 Å². The molecule has 0 spiro atoms. The van der Waals surface area contributed by atoms with E-state index >= 15 is 0 Å². The van der Waals surface area contributed by atoms with Gasteiger partial charge in [0.15, 0.2) is 22.1 Å². The molecule has 0 aliphatic heterocycles. The van der Waals surface area contributed by atoms with Gasteiger partial charge in [-0.2, -0.15) is 0 Å². The van der Waals surface area contributed by atoms with Crippen LogP contribution in [0, 0.1) is 4.77 Å². The maximum absolute atomic E-state index is 5.86. The summed E-state index contributed by atoms with van der Waals surface area (Å²) in [6.45, 7) is 0. The highest BCUT2D eigenvalue weighted by atomic mass is 32.1. The van der Waals surface area contributed by atoms with Crippen LogP contribution in [-0.2, 0) is 0 Å².